The van der Waals surface area contributed by atoms with Gasteiger partial charge in [-0.05, 0) is 48.2 Å². The minimum absolute atomic E-state index is 0.00285. The fourth-order valence-electron chi connectivity index (χ4n) is 3.99. The number of rotatable bonds is 1. The molecule has 3 aromatic carbocycles. The molecule has 120 valence electrons. The molecule has 0 aromatic heterocycles. The fourth-order valence-corrected chi connectivity index (χ4v) is 3.99. The van der Waals surface area contributed by atoms with Crippen LogP contribution in [0.25, 0.3) is 0 Å². The average Bonchev–Trinajstić information content (AvgIpc) is 2.57. The smallest absolute Gasteiger partial charge is 0.0531 e. The lowest BCUT2D eigenvalue weighted by atomic mass is 9.73. The second-order valence-corrected chi connectivity index (χ2v) is 7.24. The molecule has 0 fully saturated rings. The first-order valence-corrected chi connectivity index (χ1v) is 8.57. The fraction of sp³-hybridized carbons (Fsp3) is 0.217. The summed E-state index contributed by atoms with van der Waals surface area (Å²) >= 11 is 0. The number of hydrogen-bond acceptors (Lipinski definition) is 1. The molecule has 1 heterocycles. The molecule has 0 radical (unpaired) electrons. The normalized spacial score (nSPS) is 14.9. The third kappa shape index (κ3) is 2.01. The Bertz CT molecular complexity index is 921. The number of nitrogens with zero attached hydrogens (tertiary/aromatic N) is 1. The standard InChI is InChI=1S/C23H23N/c1-16-10-5-7-14-20(16)24-21-15-8-6-12-18(21)23(3,4)19-13-9-11-17(2)22(19)24/h5-15H,1-4H3. The number of fused-ring (bicyclic) bond motifs is 2. The highest BCUT2D eigenvalue weighted by molar-refractivity contribution is 5.88. The second-order valence-electron chi connectivity index (χ2n) is 7.24. The number of anilines is 3. The summed E-state index contributed by atoms with van der Waals surface area (Å²) in [7, 11) is 0. The molecule has 0 amide bonds. The van der Waals surface area contributed by atoms with Crippen molar-refractivity contribution in [3.63, 3.8) is 0 Å². The minimum Gasteiger partial charge on any atom is -0.309 e. The molecule has 1 nitrogen and oxygen atoms in total. The molecule has 3 aromatic rings. The SMILES string of the molecule is Cc1ccccc1N1c2ccccc2C(C)(C)c2cccc(C)c21. The van der Waals surface area contributed by atoms with Crippen LogP contribution in [0.1, 0.15) is 36.1 Å². The van der Waals surface area contributed by atoms with Gasteiger partial charge >= 0.3 is 0 Å². The molecular formula is C23H23N. The molecule has 1 aliphatic rings. The summed E-state index contributed by atoms with van der Waals surface area (Å²) in [6.45, 7) is 9.07. The molecule has 0 spiro atoms. The second kappa shape index (κ2) is 5.24. The Morgan fingerprint density at radius 2 is 1.21 bits per heavy atom. The van der Waals surface area contributed by atoms with Crippen molar-refractivity contribution in [2.24, 2.45) is 0 Å². The third-order valence-corrected chi connectivity index (χ3v) is 5.31. The zero-order valence-electron chi connectivity index (χ0n) is 14.8. The Kier molecular flexibility index (Phi) is 3.28. The lowest BCUT2D eigenvalue weighted by Crippen LogP contribution is -2.31. The van der Waals surface area contributed by atoms with E-state index in [-0.39, 0.29) is 5.41 Å². The van der Waals surface area contributed by atoms with Gasteiger partial charge in [0.2, 0.25) is 0 Å². The zero-order chi connectivity index (χ0) is 16.9. The van der Waals surface area contributed by atoms with E-state index in [0.29, 0.717) is 0 Å². The molecule has 4 rings (SSSR count). The first-order chi connectivity index (χ1) is 11.5. The van der Waals surface area contributed by atoms with Crippen LogP contribution in [0.15, 0.2) is 66.7 Å². The van der Waals surface area contributed by atoms with Crippen LogP contribution in [0, 0.1) is 13.8 Å². The molecule has 0 N–H and O–H groups in total. The molecule has 0 atom stereocenters. The molecule has 1 heteroatoms. The van der Waals surface area contributed by atoms with Crippen molar-refractivity contribution in [1.82, 2.24) is 0 Å². The Balaban J connectivity index is 2.11. The van der Waals surface area contributed by atoms with Gasteiger partial charge < -0.3 is 4.90 Å². The molecule has 0 saturated carbocycles. The summed E-state index contributed by atoms with van der Waals surface area (Å²) in [5.74, 6) is 0. The van der Waals surface area contributed by atoms with Gasteiger partial charge in [0.15, 0.2) is 0 Å². The first-order valence-electron chi connectivity index (χ1n) is 8.57. The maximum atomic E-state index is 2.45. The maximum absolute atomic E-state index is 2.45. The molecule has 0 unspecified atom stereocenters. The van der Waals surface area contributed by atoms with E-state index in [9.17, 15) is 0 Å². The molecule has 0 saturated heterocycles. The van der Waals surface area contributed by atoms with E-state index < -0.39 is 0 Å². The van der Waals surface area contributed by atoms with Crippen molar-refractivity contribution in [2.75, 3.05) is 4.90 Å². The summed E-state index contributed by atoms with van der Waals surface area (Å²) in [5, 5.41) is 0. The van der Waals surface area contributed by atoms with Crippen LogP contribution in [0.2, 0.25) is 0 Å². The minimum atomic E-state index is -0.00285. The van der Waals surface area contributed by atoms with Gasteiger partial charge in [0.05, 0.1) is 11.4 Å². The predicted molar refractivity (Wildman–Crippen MR) is 103 cm³/mol. The van der Waals surface area contributed by atoms with E-state index in [1.165, 1.54) is 39.3 Å². The highest BCUT2D eigenvalue weighted by Gasteiger charge is 2.37. The van der Waals surface area contributed by atoms with Crippen LogP contribution in [0.4, 0.5) is 17.1 Å². The Labute approximate surface area is 144 Å². The third-order valence-electron chi connectivity index (χ3n) is 5.31. The molecular weight excluding hydrogens is 290 g/mol. The van der Waals surface area contributed by atoms with Crippen molar-refractivity contribution in [3.05, 3.63) is 89.0 Å². The summed E-state index contributed by atoms with van der Waals surface area (Å²) in [4.78, 5) is 2.45. The molecule has 24 heavy (non-hydrogen) atoms. The first kappa shape index (κ1) is 15.0. The van der Waals surface area contributed by atoms with Crippen LogP contribution < -0.4 is 4.90 Å². The van der Waals surface area contributed by atoms with Gasteiger partial charge in [-0.2, -0.15) is 0 Å². The number of hydrogen-bond donors (Lipinski definition) is 0. The highest BCUT2D eigenvalue weighted by Crippen LogP contribution is 2.53. The zero-order valence-corrected chi connectivity index (χ0v) is 14.8. The summed E-state index contributed by atoms with van der Waals surface area (Å²) in [6.07, 6.45) is 0. The van der Waals surface area contributed by atoms with E-state index in [2.05, 4.69) is 99.3 Å². The maximum Gasteiger partial charge on any atom is 0.0531 e. The van der Waals surface area contributed by atoms with Gasteiger partial charge in [0.25, 0.3) is 0 Å². The quantitative estimate of drug-likeness (QED) is 0.501. The van der Waals surface area contributed by atoms with E-state index in [4.69, 9.17) is 0 Å². The van der Waals surface area contributed by atoms with Gasteiger partial charge in [-0.1, -0.05) is 68.4 Å². The number of para-hydroxylation sites is 3. The van der Waals surface area contributed by atoms with Crippen LogP contribution in [0.5, 0.6) is 0 Å². The van der Waals surface area contributed by atoms with E-state index in [1.807, 2.05) is 0 Å². The lowest BCUT2D eigenvalue weighted by Gasteiger charge is -2.43. The van der Waals surface area contributed by atoms with Crippen molar-refractivity contribution in [1.29, 1.82) is 0 Å². The van der Waals surface area contributed by atoms with Gasteiger partial charge in [-0.25, -0.2) is 0 Å². The van der Waals surface area contributed by atoms with Crippen molar-refractivity contribution >= 4 is 17.1 Å². The van der Waals surface area contributed by atoms with Gasteiger partial charge in [-0.15, -0.1) is 0 Å². The monoisotopic (exact) mass is 313 g/mol. The molecule has 0 bridgehead atoms. The van der Waals surface area contributed by atoms with Crippen molar-refractivity contribution < 1.29 is 0 Å². The van der Waals surface area contributed by atoms with Crippen LogP contribution in [-0.2, 0) is 5.41 Å². The topological polar surface area (TPSA) is 3.24 Å². The molecule has 0 aliphatic carbocycles. The van der Waals surface area contributed by atoms with Gasteiger partial charge in [0.1, 0.15) is 0 Å². The summed E-state index contributed by atoms with van der Waals surface area (Å²) in [6, 6.07) is 24.1. The molecule has 1 aliphatic heterocycles. The van der Waals surface area contributed by atoms with E-state index in [0.717, 1.165) is 0 Å². The predicted octanol–water partition coefficient (Wildman–Crippen LogP) is 6.41. The summed E-state index contributed by atoms with van der Waals surface area (Å²) < 4.78 is 0. The van der Waals surface area contributed by atoms with E-state index in [1.54, 1.807) is 0 Å². The lowest BCUT2D eigenvalue weighted by molar-refractivity contribution is 0.631. The average molecular weight is 313 g/mol. The Hall–Kier alpha value is -2.54. The summed E-state index contributed by atoms with van der Waals surface area (Å²) in [5.41, 5.74) is 9.26. The van der Waals surface area contributed by atoms with Crippen LogP contribution in [-0.4, -0.2) is 0 Å². The van der Waals surface area contributed by atoms with Crippen LogP contribution in [0.3, 0.4) is 0 Å². The van der Waals surface area contributed by atoms with Crippen molar-refractivity contribution in [2.45, 2.75) is 33.1 Å². The number of aryl methyl sites for hydroxylation is 2. The Morgan fingerprint density at radius 3 is 1.96 bits per heavy atom. The van der Waals surface area contributed by atoms with Gasteiger partial charge in [-0.3, -0.25) is 0 Å². The highest BCUT2D eigenvalue weighted by atomic mass is 15.2. The number of benzene rings is 3. The van der Waals surface area contributed by atoms with Gasteiger partial charge in [0, 0.05) is 11.1 Å². The Morgan fingerprint density at radius 1 is 0.625 bits per heavy atom. The largest absolute Gasteiger partial charge is 0.309 e. The van der Waals surface area contributed by atoms with Crippen molar-refractivity contribution in [3.8, 4) is 0 Å². The van der Waals surface area contributed by atoms with E-state index >= 15 is 0 Å². The van der Waals surface area contributed by atoms with Crippen LogP contribution >= 0.6 is 0 Å².